The summed E-state index contributed by atoms with van der Waals surface area (Å²) < 4.78 is 0. The molecule has 1 aliphatic carbocycles. The summed E-state index contributed by atoms with van der Waals surface area (Å²) in [5, 5.41) is 0. The lowest BCUT2D eigenvalue weighted by Crippen LogP contribution is -2.29. The second-order valence-corrected chi connectivity index (χ2v) is 13.3. The Morgan fingerprint density at radius 3 is 1.19 bits per heavy atom. The fourth-order valence-electron chi connectivity index (χ4n) is 7.40. The summed E-state index contributed by atoms with van der Waals surface area (Å²) in [6.45, 7) is 9.07. The lowest BCUT2D eigenvalue weighted by atomic mass is 9.67. The van der Waals surface area contributed by atoms with Crippen LogP contribution in [0.5, 0.6) is 0 Å². The first-order valence-electron chi connectivity index (χ1n) is 17.5. The van der Waals surface area contributed by atoms with Gasteiger partial charge in [-0.2, -0.15) is 0 Å². The number of aryl methyl sites for hydroxylation is 4. The molecule has 4 aromatic carbocycles. The van der Waals surface area contributed by atoms with Crippen LogP contribution in [0.15, 0.2) is 84.9 Å². The van der Waals surface area contributed by atoms with Gasteiger partial charge in [-0.1, -0.05) is 174 Å². The Balaban J connectivity index is 1.49. The third kappa shape index (κ3) is 7.01. The van der Waals surface area contributed by atoms with E-state index in [0.717, 1.165) is 0 Å². The summed E-state index contributed by atoms with van der Waals surface area (Å²) in [6.07, 6.45) is 18.5. The molecule has 0 heteroatoms. The van der Waals surface area contributed by atoms with Crippen LogP contribution in [0.4, 0.5) is 0 Å². The highest BCUT2D eigenvalue weighted by atomic mass is 14.5. The molecule has 0 aliphatic heterocycles. The van der Waals surface area contributed by atoms with Crippen LogP contribution in [0.3, 0.4) is 0 Å². The van der Waals surface area contributed by atoms with E-state index in [9.17, 15) is 0 Å². The van der Waals surface area contributed by atoms with Gasteiger partial charge in [0.05, 0.1) is 5.41 Å². The number of fused-ring (bicyclic) bond motifs is 3. The first-order valence-corrected chi connectivity index (χ1v) is 17.5. The van der Waals surface area contributed by atoms with Crippen molar-refractivity contribution in [3.05, 3.63) is 129 Å². The summed E-state index contributed by atoms with van der Waals surface area (Å²) in [5.74, 6) is 0. The van der Waals surface area contributed by atoms with Gasteiger partial charge in [0.25, 0.3) is 0 Å². The third-order valence-corrected chi connectivity index (χ3v) is 9.86. The number of hydrogen-bond donors (Lipinski definition) is 0. The summed E-state index contributed by atoms with van der Waals surface area (Å²) >= 11 is 0. The average molecular weight is 571 g/mol. The molecule has 0 aromatic heterocycles. The third-order valence-electron chi connectivity index (χ3n) is 9.86. The molecule has 0 amide bonds. The van der Waals surface area contributed by atoms with Crippen molar-refractivity contribution in [3.8, 4) is 11.1 Å². The summed E-state index contributed by atoms with van der Waals surface area (Å²) in [5.41, 5.74) is 13.7. The standard InChI is InChI=1S/C43H54/c1-5-7-9-11-13-15-17-35-21-25-37(26-22-35)43(38-27-23-36(24-28-38)18-16-14-12-10-8-6-2)41-31-33(3)19-29-39(41)40-30-20-34(4)32-42(40)43/h19-32H,5-18H2,1-4H3. The zero-order valence-corrected chi connectivity index (χ0v) is 27.5. The van der Waals surface area contributed by atoms with E-state index >= 15 is 0 Å². The van der Waals surface area contributed by atoms with Gasteiger partial charge in [0, 0.05) is 0 Å². The molecule has 0 radical (unpaired) electrons. The SMILES string of the molecule is CCCCCCCCc1ccc(C2(c3ccc(CCCCCCCC)cc3)c3cc(C)ccc3-c3ccc(C)cc32)cc1. The topological polar surface area (TPSA) is 0 Å². The molecule has 0 N–H and O–H groups in total. The molecule has 5 rings (SSSR count). The molecule has 0 heterocycles. The second kappa shape index (κ2) is 15.1. The van der Waals surface area contributed by atoms with Crippen molar-refractivity contribution >= 4 is 0 Å². The Labute approximate surface area is 263 Å². The van der Waals surface area contributed by atoms with Gasteiger partial charge in [-0.25, -0.2) is 0 Å². The largest absolute Gasteiger partial charge is 0.0713 e. The maximum absolute atomic E-state index is 2.46. The van der Waals surface area contributed by atoms with Gasteiger partial charge in [-0.05, 0) is 84.0 Å². The predicted molar refractivity (Wildman–Crippen MR) is 187 cm³/mol. The highest BCUT2D eigenvalue weighted by Gasteiger charge is 2.46. The van der Waals surface area contributed by atoms with E-state index in [1.807, 2.05) is 0 Å². The Morgan fingerprint density at radius 1 is 0.419 bits per heavy atom. The van der Waals surface area contributed by atoms with Gasteiger partial charge in [0.2, 0.25) is 0 Å². The Kier molecular flexibility index (Phi) is 11.0. The van der Waals surface area contributed by atoms with Crippen molar-refractivity contribution in [1.29, 1.82) is 0 Å². The maximum atomic E-state index is 2.46. The van der Waals surface area contributed by atoms with E-state index in [-0.39, 0.29) is 5.41 Å². The molecule has 0 bridgehead atoms. The van der Waals surface area contributed by atoms with Crippen LogP contribution in [0, 0.1) is 13.8 Å². The van der Waals surface area contributed by atoms with Crippen LogP contribution in [0.25, 0.3) is 11.1 Å². The van der Waals surface area contributed by atoms with Gasteiger partial charge < -0.3 is 0 Å². The summed E-state index contributed by atoms with van der Waals surface area (Å²) in [6, 6.07) is 33.6. The fourth-order valence-corrected chi connectivity index (χ4v) is 7.40. The number of benzene rings is 4. The Hall–Kier alpha value is -3.12. The Bertz CT molecular complexity index is 1320. The molecular formula is C43H54. The molecule has 43 heavy (non-hydrogen) atoms. The van der Waals surface area contributed by atoms with Crippen LogP contribution in [-0.4, -0.2) is 0 Å². The van der Waals surface area contributed by atoms with E-state index in [0.29, 0.717) is 0 Å². The normalized spacial score (nSPS) is 13.2. The van der Waals surface area contributed by atoms with E-state index < -0.39 is 0 Å². The molecule has 0 atom stereocenters. The number of rotatable bonds is 16. The van der Waals surface area contributed by atoms with Crippen molar-refractivity contribution < 1.29 is 0 Å². The van der Waals surface area contributed by atoms with Crippen molar-refractivity contribution in [2.45, 2.75) is 123 Å². The lowest BCUT2D eigenvalue weighted by molar-refractivity contribution is 0.607. The lowest BCUT2D eigenvalue weighted by Gasteiger charge is -2.34. The van der Waals surface area contributed by atoms with Crippen molar-refractivity contribution in [1.82, 2.24) is 0 Å². The molecule has 4 aromatic rings. The number of unbranched alkanes of at least 4 members (excludes halogenated alkanes) is 10. The monoisotopic (exact) mass is 570 g/mol. The van der Waals surface area contributed by atoms with Gasteiger partial charge in [-0.15, -0.1) is 0 Å². The summed E-state index contributed by atoms with van der Waals surface area (Å²) in [7, 11) is 0. The highest BCUT2D eigenvalue weighted by molar-refractivity contribution is 5.86. The second-order valence-electron chi connectivity index (χ2n) is 13.3. The molecular weight excluding hydrogens is 516 g/mol. The molecule has 0 nitrogen and oxygen atoms in total. The van der Waals surface area contributed by atoms with Gasteiger partial charge in [-0.3, -0.25) is 0 Å². The van der Waals surface area contributed by atoms with Gasteiger partial charge in [0.1, 0.15) is 0 Å². The number of hydrogen-bond acceptors (Lipinski definition) is 0. The minimum atomic E-state index is -0.305. The molecule has 0 saturated heterocycles. The first kappa shape index (κ1) is 31.3. The molecule has 0 spiro atoms. The smallest absolute Gasteiger partial charge is 0.0654 e. The van der Waals surface area contributed by atoms with Crippen LogP contribution in [-0.2, 0) is 18.3 Å². The van der Waals surface area contributed by atoms with Crippen LogP contribution < -0.4 is 0 Å². The first-order chi connectivity index (χ1) is 21.1. The van der Waals surface area contributed by atoms with E-state index in [1.165, 1.54) is 146 Å². The molecule has 0 fully saturated rings. The Morgan fingerprint density at radius 2 is 0.791 bits per heavy atom. The van der Waals surface area contributed by atoms with Crippen molar-refractivity contribution in [3.63, 3.8) is 0 Å². The van der Waals surface area contributed by atoms with E-state index in [1.54, 1.807) is 0 Å². The molecule has 0 unspecified atom stereocenters. The molecule has 226 valence electrons. The zero-order valence-electron chi connectivity index (χ0n) is 27.5. The van der Waals surface area contributed by atoms with Crippen LogP contribution in [0.1, 0.15) is 135 Å². The zero-order chi connectivity index (χ0) is 30.1. The summed E-state index contributed by atoms with van der Waals surface area (Å²) in [4.78, 5) is 0. The highest BCUT2D eigenvalue weighted by Crippen LogP contribution is 2.56. The molecule has 1 aliphatic rings. The van der Waals surface area contributed by atoms with Gasteiger partial charge in [0.15, 0.2) is 0 Å². The van der Waals surface area contributed by atoms with Crippen LogP contribution in [0.2, 0.25) is 0 Å². The average Bonchev–Trinajstić information content (AvgIpc) is 3.30. The van der Waals surface area contributed by atoms with Crippen molar-refractivity contribution in [2.24, 2.45) is 0 Å². The van der Waals surface area contributed by atoms with Crippen molar-refractivity contribution in [2.75, 3.05) is 0 Å². The van der Waals surface area contributed by atoms with E-state index in [2.05, 4.69) is 113 Å². The minimum absolute atomic E-state index is 0.305. The maximum Gasteiger partial charge on any atom is 0.0713 e. The van der Waals surface area contributed by atoms with E-state index in [4.69, 9.17) is 0 Å². The quantitative estimate of drug-likeness (QED) is 0.103. The molecule has 0 saturated carbocycles. The fraction of sp³-hybridized carbons (Fsp3) is 0.442. The van der Waals surface area contributed by atoms with Gasteiger partial charge >= 0.3 is 0 Å². The predicted octanol–water partition coefficient (Wildman–Crippen LogP) is 12.5. The van der Waals surface area contributed by atoms with Crippen LogP contribution >= 0.6 is 0 Å². The minimum Gasteiger partial charge on any atom is -0.0654 e.